The molecule has 0 N–H and O–H groups in total. The predicted octanol–water partition coefficient (Wildman–Crippen LogP) is 1.39. The highest BCUT2D eigenvalue weighted by Crippen LogP contribution is 2.28. The van der Waals surface area contributed by atoms with Crippen LogP contribution in [0.4, 0.5) is 0 Å². The van der Waals surface area contributed by atoms with Crippen molar-refractivity contribution in [3.05, 3.63) is 35.9 Å². The molecule has 1 aliphatic rings. The van der Waals surface area contributed by atoms with E-state index in [2.05, 4.69) is 0 Å². The minimum absolute atomic E-state index is 0.361. The van der Waals surface area contributed by atoms with E-state index in [1.807, 2.05) is 37.3 Å². The van der Waals surface area contributed by atoms with Gasteiger partial charge in [0.05, 0.1) is 13.2 Å². The van der Waals surface area contributed by atoms with Gasteiger partial charge in [0.25, 0.3) is 0 Å². The molecule has 0 spiro atoms. The average molecular weight is 205 g/mol. The SMILES string of the molecule is CC1(c2ccccc2)CN(C=O)CCO1. The number of benzene rings is 1. The molecule has 0 radical (unpaired) electrons. The molecule has 1 fully saturated rings. The number of amides is 1. The third-order valence-electron chi connectivity index (χ3n) is 2.84. The van der Waals surface area contributed by atoms with Gasteiger partial charge in [-0.1, -0.05) is 30.3 Å². The minimum atomic E-state index is -0.361. The maximum Gasteiger partial charge on any atom is 0.209 e. The van der Waals surface area contributed by atoms with Gasteiger partial charge in [-0.3, -0.25) is 4.79 Å². The van der Waals surface area contributed by atoms with Crippen molar-refractivity contribution in [2.75, 3.05) is 19.7 Å². The Hall–Kier alpha value is -1.35. The van der Waals surface area contributed by atoms with Gasteiger partial charge >= 0.3 is 0 Å². The zero-order valence-electron chi connectivity index (χ0n) is 8.85. The first kappa shape index (κ1) is 10.2. The number of morpholine rings is 1. The Morgan fingerprint density at radius 1 is 1.40 bits per heavy atom. The van der Waals surface area contributed by atoms with Crippen LogP contribution in [0.1, 0.15) is 12.5 Å². The molecule has 3 nitrogen and oxygen atoms in total. The summed E-state index contributed by atoms with van der Waals surface area (Å²) in [6, 6.07) is 10.0. The van der Waals surface area contributed by atoms with Crippen molar-refractivity contribution in [2.45, 2.75) is 12.5 Å². The average Bonchev–Trinajstić information content (AvgIpc) is 2.30. The van der Waals surface area contributed by atoms with Gasteiger partial charge in [-0.25, -0.2) is 0 Å². The van der Waals surface area contributed by atoms with E-state index in [0.717, 1.165) is 12.0 Å². The second-order valence-electron chi connectivity index (χ2n) is 4.02. The van der Waals surface area contributed by atoms with Crippen molar-refractivity contribution >= 4 is 6.41 Å². The lowest BCUT2D eigenvalue weighted by atomic mass is 9.94. The number of hydrogen-bond acceptors (Lipinski definition) is 2. The van der Waals surface area contributed by atoms with Crippen LogP contribution in [0.3, 0.4) is 0 Å². The van der Waals surface area contributed by atoms with Gasteiger partial charge in [0, 0.05) is 6.54 Å². The smallest absolute Gasteiger partial charge is 0.209 e. The Kier molecular flexibility index (Phi) is 2.73. The lowest BCUT2D eigenvalue weighted by molar-refractivity contribution is -0.137. The standard InChI is InChI=1S/C12H15NO2/c1-12(11-5-3-2-4-6-11)9-13(10-14)7-8-15-12/h2-6,10H,7-9H2,1H3. The topological polar surface area (TPSA) is 29.5 Å². The molecule has 2 rings (SSSR count). The highest BCUT2D eigenvalue weighted by molar-refractivity contribution is 5.47. The zero-order chi connectivity index (χ0) is 10.7. The summed E-state index contributed by atoms with van der Waals surface area (Å²) < 4.78 is 5.78. The van der Waals surface area contributed by atoms with Crippen molar-refractivity contribution in [3.63, 3.8) is 0 Å². The summed E-state index contributed by atoms with van der Waals surface area (Å²) in [4.78, 5) is 12.5. The molecule has 1 aliphatic heterocycles. The van der Waals surface area contributed by atoms with Gasteiger partial charge < -0.3 is 9.64 Å². The van der Waals surface area contributed by atoms with Crippen molar-refractivity contribution < 1.29 is 9.53 Å². The predicted molar refractivity (Wildman–Crippen MR) is 57.4 cm³/mol. The summed E-state index contributed by atoms with van der Waals surface area (Å²) in [6.07, 6.45) is 0.893. The molecular formula is C12H15NO2. The van der Waals surface area contributed by atoms with E-state index in [-0.39, 0.29) is 5.60 Å². The molecule has 1 amide bonds. The van der Waals surface area contributed by atoms with Gasteiger partial charge in [0.15, 0.2) is 0 Å². The maximum atomic E-state index is 10.7. The van der Waals surface area contributed by atoms with E-state index in [9.17, 15) is 4.79 Å². The number of carbonyl (C=O) groups is 1. The van der Waals surface area contributed by atoms with E-state index in [4.69, 9.17) is 4.74 Å². The van der Waals surface area contributed by atoms with Crippen molar-refractivity contribution in [3.8, 4) is 0 Å². The van der Waals surface area contributed by atoms with Crippen molar-refractivity contribution in [2.24, 2.45) is 0 Å². The van der Waals surface area contributed by atoms with Crippen molar-refractivity contribution in [1.82, 2.24) is 4.90 Å². The van der Waals surface area contributed by atoms with Crippen LogP contribution in [0.5, 0.6) is 0 Å². The molecule has 0 saturated carbocycles. The molecule has 3 heteroatoms. The fourth-order valence-electron chi connectivity index (χ4n) is 1.96. The monoisotopic (exact) mass is 205 g/mol. The number of carbonyl (C=O) groups excluding carboxylic acids is 1. The fraction of sp³-hybridized carbons (Fsp3) is 0.417. The lowest BCUT2D eigenvalue weighted by Gasteiger charge is -2.39. The van der Waals surface area contributed by atoms with Crippen LogP contribution < -0.4 is 0 Å². The summed E-state index contributed by atoms with van der Waals surface area (Å²) in [5.74, 6) is 0. The largest absolute Gasteiger partial charge is 0.367 e. The Balaban J connectivity index is 2.22. The molecule has 0 aliphatic carbocycles. The molecule has 1 saturated heterocycles. The summed E-state index contributed by atoms with van der Waals surface area (Å²) in [6.45, 7) is 3.94. The molecule has 1 aromatic rings. The Labute approximate surface area is 89.7 Å². The van der Waals surface area contributed by atoms with Crippen LogP contribution in [0.25, 0.3) is 0 Å². The van der Waals surface area contributed by atoms with E-state index < -0.39 is 0 Å². The van der Waals surface area contributed by atoms with Crippen LogP contribution in [0, 0.1) is 0 Å². The number of nitrogens with zero attached hydrogens (tertiary/aromatic N) is 1. The first-order chi connectivity index (χ1) is 7.24. The highest BCUT2D eigenvalue weighted by atomic mass is 16.5. The Morgan fingerprint density at radius 3 is 2.80 bits per heavy atom. The second-order valence-corrected chi connectivity index (χ2v) is 4.02. The highest BCUT2D eigenvalue weighted by Gasteiger charge is 2.33. The lowest BCUT2D eigenvalue weighted by Crippen LogP contribution is -2.47. The molecular weight excluding hydrogens is 190 g/mol. The van der Waals surface area contributed by atoms with Gasteiger partial charge in [-0.15, -0.1) is 0 Å². The molecule has 1 unspecified atom stereocenters. The van der Waals surface area contributed by atoms with Gasteiger partial charge in [0.1, 0.15) is 5.60 Å². The molecule has 1 atom stereocenters. The van der Waals surface area contributed by atoms with Gasteiger partial charge in [-0.05, 0) is 12.5 Å². The number of hydrogen-bond donors (Lipinski definition) is 0. The van der Waals surface area contributed by atoms with E-state index >= 15 is 0 Å². The molecule has 0 aromatic heterocycles. The molecule has 0 bridgehead atoms. The van der Waals surface area contributed by atoms with Crippen LogP contribution >= 0.6 is 0 Å². The Bertz CT molecular complexity index is 339. The quantitative estimate of drug-likeness (QED) is 0.683. The summed E-state index contributed by atoms with van der Waals surface area (Å²) in [5, 5.41) is 0. The third kappa shape index (κ3) is 2.02. The van der Waals surface area contributed by atoms with Crippen molar-refractivity contribution in [1.29, 1.82) is 0 Å². The maximum absolute atomic E-state index is 10.7. The Morgan fingerprint density at radius 2 is 2.13 bits per heavy atom. The van der Waals surface area contributed by atoms with E-state index in [1.54, 1.807) is 4.90 Å². The molecule has 80 valence electrons. The fourth-order valence-corrected chi connectivity index (χ4v) is 1.96. The zero-order valence-corrected chi connectivity index (χ0v) is 8.85. The molecule has 15 heavy (non-hydrogen) atoms. The normalized spacial score (nSPS) is 26.3. The molecule has 1 heterocycles. The van der Waals surface area contributed by atoms with Crippen LogP contribution in [0.2, 0.25) is 0 Å². The van der Waals surface area contributed by atoms with Crippen LogP contribution in [0.15, 0.2) is 30.3 Å². The minimum Gasteiger partial charge on any atom is -0.367 e. The second kappa shape index (κ2) is 4.03. The number of ether oxygens (including phenoxy) is 1. The molecule has 1 aromatic carbocycles. The van der Waals surface area contributed by atoms with Gasteiger partial charge in [-0.2, -0.15) is 0 Å². The third-order valence-corrected chi connectivity index (χ3v) is 2.84. The van der Waals surface area contributed by atoms with Crippen LogP contribution in [-0.2, 0) is 15.1 Å². The van der Waals surface area contributed by atoms with E-state index in [0.29, 0.717) is 19.7 Å². The first-order valence-electron chi connectivity index (χ1n) is 5.13. The first-order valence-corrected chi connectivity index (χ1v) is 5.13. The summed E-state index contributed by atoms with van der Waals surface area (Å²) in [5.41, 5.74) is 0.761. The van der Waals surface area contributed by atoms with E-state index in [1.165, 1.54) is 0 Å². The van der Waals surface area contributed by atoms with Crippen LogP contribution in [-0.4, -0.2) is 31.0 Å². The van der Waals surface area contributed by atoms with Gasteiger partial charge in [0.2, 0.25) is 6.41 Å². The summed E-state index contributed by atoms with van der Waals surface area (Å²) >= 11 is 0. The number of rotatable bonds is 2. The summed E-state index contributed by atoms with van der Waals surface area (Å²) in [7, 11) is 0.